The van der Waals surface area contributed by atoms with Crippen LogP contribution in [0.3, 0.4) is 0 Å². The fourth-order valence-electron chi connectivity index (χ4n) is 2.38. The predicted molar refractivity (Wildman–Crippen MR) is 97.7 cm³/mol. The molecule has 0 bridgehead atoms. The Hall–Kier alpha value is -2.73. The average Bonchev–Trinajstić information content (AvgIpc) is 3.06. The van der Waals surface area contributed by atoms with Crippen molar-refractivity contribution >= 4 is 33.4 Å². The zero-order valence-corrected chi connectivity index (χ0v) is 14.8. The number of carbonyl (C=O) groups is 2. The SMILES string of the molecule is CNC(=O)Cc1ccc(C(=O)OC(C)c2nc3ccccc3s2)cc1. The first-order valence-corrected chi connectivity index (χ1v) is 8.74. The summed E-state index contributed by atoms with van der Waals surface area (Å²) in [6.45, 7) is 1.82. The second-order valence-electron chi connectivity index (χ2n) is 5.61. The molecular weight excluding hydrogens is 336 g/mol. The lowest BCUT2D eigenvalue weighted by Gasteiger charge is -2.11. The summed E-state index contributed by atoms with van der Waals surface area (Å²) in [5.41, 5.74) is 2.20. The highest BCUT2D eigenvalue weighted by atomic mass is 32.1. The van der Waals surface area contributed by atoms with Crippen LogP contribution in [0.1, 0.15) is 34.0 Å². The van der Waals surface area contributed by atoms with Crippen LogP contribution in [-0.4, -0.2) is 23.9 Å². The van der Waals surface area contributed by atoms with E-state index in [1.54, 1.807) is 31.3 Å². The van der Waals surface area contributed by atoms with Crippen molar-refractivity contribution in [1.82, 2.24) is 10.3 Å². The molecular formula is C19H18N2O3S. The molecule has 0 aliphatic carbocycles. The zero-order valence-electron chi connectivity index (χ0n) is 14.0. The number of nitrogens with zero attached hydrogens (tertiary/aromatic N) is 1. The van der Waals surface area contributed by atoms with Gasteiger partial charge in [0, 0.05) is 7.05 Å². The maximum atomic E-state index is 12.3. The minimum absolute atomic E-state index is 0.0696. The second-order valence-corrected chi connectivity index (χ2v) is 6.68. The van der Waals surface area contributed by atoms with Crippen molar-refractivity contribution in [2.24, 2.45) is 0 Å². The third-order valence-corrected chi connectivity index (χ3v) is 4.97. The van der Waals surface area contributed by atoms with Gasteiger partial charge in [-0.25, -0.2) is 9.78 Å². The van der Waals surface area contributed by atoms with Gasteiger partial charge >= 0.3 is 5.97 Å². The summed E-state index contributed by atoms with van der Waals surface area (Å²) in [5.74, 6) is -0.474. The van der Waals surface area contributed by atoms with Crippen LogP contribution in [0.4, 0.5) is 0 Å². The van der Waals surface area contributed by atoms with Gasteiger partial charge in [0.05, 0.1) is 22.2 Å². The number of thiazole rings is 1. The van der Waals surface area contributed by atoms with Gasteiger partial charge in [0.2, 0.25) is 5.91 Å². The second kappa shape index (κ2) is 7.44. The molecule has 1 aromatic heterocycles. The van der Waals surface area contributed by atoms with Crippen LogP contribution in [-0.2, 0) is 16.0 Å². The molecule has 6 heteroatoms. The Morgan fingerprint density at radius 1 is 1.16 bits per heavy atom. The molecule has 128 valence electrons. The van der Waals surface area contributed by atoms with E-state index in [1.807, 2.05) is 31.2 Å². The zero-order chi connectivity index (χ0) is 17.8. The number of benzene rings is 2. The quantitative estimate of drug-likeness (QED) is 0.712. The summed E-state index contributed by atoms with van der Waals surface area (Å²) in [6, 6.07) is 14.7. The largest absolute Gasteiger partial charge is 0.452 e. The molecule has 0 aliphatic heterocycles. The molecule has 0 saturated carbocycles. The fourth-order valence-corrected chi connectivity index (χ4v) is 3.32. The van der Waals surface area contributed by atoms with Gasteiger partial charge in [-0.1, -0.05) is 24.3 Å². The van der Waals surface area contributed by atoms with Crippen molar-refractivity contribution in [3.63, 3.8) is 0 Å². The van der Waals surface area contributed by atoms with Gasteiger partial charge in [-0.15, -0.1) is 11.3 Å². The van der Waals surface area contributed by atoms with E-state index in [9.17, 15) is 9.59 Å². The third-order valence-electron chi connectivity index (χ3n) is 3.78. The first kappa shape index (κ1) is 17.1. The highest BCUT2D eigenvalue weighted by Crippen LogP contribution is 2.28. The van der Waals surface area contributed by atoms with Crippen LogP contribution >= 0.6 is 11.3 Å². The molecule has 1 unspecified atom stereocenters. The van der Waals surface area contributed by atoms with E-state index in [2.05, 4.69) is 10.3 Å². The smallest absolute Gasteiger partial charge is 0.338 e. The molecule has 5 nitrogen and oxygen atoms in total. The summed E-state index contributed by atoms with van der Waals surface area (Å²) in [7, 11) is 1.59. The first-order chi connectivity index (χ1) is 12.1. The van der Waals surface area contributed by atoms with Gasteiger partial charge in [0.1, 0.15) is 5.01 Å². The summed E-state index contributed by atoms with van der Waals surface area (Å²) >= 11 is 1.52. The van der Waals surface area contributed by atoms with Gasteiger partial charge in [-0.2, -0.15) is 0 Å². The average molecular weight is 354 g/mol. The number of para-hydroxylation sites is 1. The van der Waals surface area contributed by atoms with Gasteiger partial charge in [0.25, 0.3) is 0 Å². The highest BCUT2D eigenvalue weighted by Gasteiger charge is 2.17. The lowest BCUT2D eigenvalue weighted by molar-refractivity contribution is -0.119. The number of carbonyl (C=O) groups excluding carboxylic acids is 2. The maximum absolute atomic E-state index is 12.3. The first-order valence-electron chi connectivity index (χ1n) is 7.93. The van der Waals surface area contributed by atoms with E-state index < -0.39 is 12.1 Å². The van der Waals surface area contributed by atoms with Gasteiger partial charge in [-0.3, -0.25) is 4.79 Å². The molecule has 3 rings (SSSR count). The Bertz CT molecular complexity index is 869. The Balaban J connectivity index is 1.67. The predicted octanol–water partition coefficient (Wildman–Crippen LogP) is 3.50. The lowest BCUT2D eigenvalue weighted by atomic mass is 10.1. The number of aromatic nitrogens is 1. The standard InChI is InChI=1S/C19H18N2O3S/c1-12(18-21-15-5-3-4-6-16(15)25-18)24-19(23)14-9-7-13(8-10-14)11-17(22)20-2/h3-10,12H,11H2,1-2H3,(H,20,22). The van der Waals surface area contributed by atoms with E-state index in [-0.39, 0.29) is 12.3 Å². The van der Waals surface area contributed by atoms with E-state index in [0.717, 1.165) is 20.8 Å². The number of ether oxygens (including phenoxy) is 1. The van der Waals surface area contributed by atoms with Gasteiger partial charge in [0.15, 0.2) is 6.10 Å². The summed E-state index contributed by atoms with van der Waals surface area (Å²) in [6.07, 6.45) is -0.135. The van der Waals surface area contributed by atoms with Crippen LogP contribution in [0.15, 0.2) is 48.5 Å². The Kier molecular flexibility index (Phi) is 5.09. The van der Waals surface area contributed by atoms with Crippen LogP contribution in [0.25, 0.3) is 10.2 Å². The monoisotopic (exact) mass is 354 g/mol. The number of fused-ring (bicyclic) bond motifs is 1. The molecule has 25 heavy (non-hydrogen) atoms. The van der Waals surface area contributed by atoms with E-state index in [0.29, 0.717) is 5.56 Å². The number of nitrogens with one attached hydrogen (secondary N) is 1. The topological polar surface area (TPSA) is 68.3 Å². The molecule has 1 heterocycles. The van der Waals surface area contributed by atoms with Crippen LogP contribution in [0, 0.1) is 0 Å². The minimum Gasteiger partial charge on any atom is -0.452 e. The van der Waals surface area contributed by atoms with Crippen LogP contribution in [0.5, 0.6) is 0 Å². The van der Waals surface area contributed by atoms with Crippen molar-refractivity contribution < 1.29 is 14.3 Å². The minimum atomic E-state index is -0.421. The van der Waals surface area contributed by atoms with Crippen LogP contribution in [0.2, 0.25) is 0 Å². The van der Waals surface area contributed by atoms with E-state index in [1.165, 1.54) is 11.3 Å². The Morgan fingerprint density at radius 3 is 2.56 bits per heavy atom. The number of likely N-dealkylation sites (N-methyl/N-ethyl adjacent to an activating group) is 1. The van der Waals surface area contributed by atoms with E-state index >= 15 is 0 Å². The number of amides is 1. The Labute approximate surface area is 149 Å². The van der Waals surface area contributed by atoms with Crippen molar-refractivity contribution in [1.29, 1.82) is 0 Å². The van der Waals surface area contributed by atoms with Gasteiger partial charge in [-0.05, 0) is 36.8 Å². The van der Waals surface area contributed by atoms with Crippen molar-refractivity contribution in [2.45, 2.75) is 19.4 Å². The molecule has 0 fully saturated rings. The normalized spacial score (nSPS) is 11.9. The molecule has 0 spiro atoms. The molecule has 2 aromatic carbocycles. The highest BCUT2D eigenvalue weighted by molar-refractivity contribution is 7.18. The number of hydrogen-bond donors (Lipinski definition) is 1. The number of rotatable bonds is 5. The maximum Gasteiger partial charge on any atom is 0.338 e. The van der Waals surface area contributed by atoms with Crippen LogP contribution < -0.4 is 5.32 Å². The molecule has 0 radical (unpaired) electrons. The lowest BCUT2D eigenvalue weighted by Crippen LogP contribution is -2.19. The van der Waals surface area contributed by atoms with Gasteiger partial charge < -0.3 is 10.1 Å². The molecule has 1 amide bonds. The van der Waals surface area contributed by atoms with Crippen molar-refractivity contribution in [3.8, 4) is 0 Å². The third kappa shape index (κ3) is 4.03. The van der Waals surface area contributed by atoms with Crippen molar-refractivity contribution in [3.05, 3.63) is 64.7 Å². The van der Waals surface area contributed by atoms with Crippen molar-refractivity contribution in [2.75, 3.05) is 7.05 Å². The fraction of sp³-hybridized carbons (Fsp3) is 0.211. The summed E-state index contributed by atoms with van der Waals surface area (Å²) in [4.78, 5) is 28.2. The molecule has 1 atom stereocenters. The molecule has 3 aromatic rings. The number of hydrogen-bond acceptors (Lipinski definition) is 5. The number of esters is 1. The molecule has 0 saturated heterocycles. The summed E-state index contributed by atoms with van der Waals surface area (Å²) < 4.78 is 6.59. The van der Waals surface area contributed by atoms with E-state index in [4.69, 9.17) is 4.74 Å². The molecule has 0 aliphatic rings. The summed E-state index contributed by atoms with van der Waals surface area (Å²) in [5, 5.41) is 3.34. The molecule has 1 N–H and O–H groups in total. The Morgan fingerprint density at radius 2 is 1.88 bits per heavy atom.